The molecule has 6 nitrogen and oxygen atoms in total. The third kappa shape index (κ3) is 6.22. The van der Waals surface area contributed by atoms with Crippen LogP contribution in [0.1, 0.15) is 11.3 Å². The average molecular weight is 355 g/mol. The third-order valence-corrected chi connectivity index (χ3v) is 3.83. The number of carboxylic acid groups (broad SMARTS) is 1. The number of ether oxygens (including phenoxy) is 1. The molecule has 6 heteroatoms. The fourth-order valence-corrected chi connectivity index (χ4v) is 2.41. The molecule has 26 heavy (non-hydrogen) atoms. The van der Waals surface area contributed by atoms with E-state index < -0.39 is 5.97 Å². The molecule has 0 spiro atoms. The molecular weight excluding hydrogens is 330 g/mol. The van der Waals surface area contributed by atoms with Crippen LogP contribution in [0.15, 0.2) is 48.5 Å². The molecule has 0 radical (unpaired) electrons. The minimum atomic E-state index is -0.986. The summed E-state index contributed by atoms with van der Waals surface area (Å²) in [5.41, 5.74) is 1.77. The van der Waals surface area contributed by atoms with Crippen molar-refractivity contribution in [2.75, 3.05) is 39.2 Å². The molecule has 2 rings (SSSR count). The monoisotopic (exact) mass is 355 g/mol. The van der Waals surface area contributed by atoms with Gasteiger partial charge in [-0.2, -0.15) is 0 Å². The van der Waals surface area contributed by atoms with Crippen LogP contribution in [0, 0.1) is 0 Å². The van der Waals surface area contributed by atoms with Crippen molar-refractivity contribution in [1.29, 1.82) is 0 Å². The lowest BCUT2D eigenvalue weighted by Gasteiger charge is -2.26. The van der Waals surface area contributed by atoms with Gasteiger partial charge in [0, 0.05) is 25.7 Å². The number of aliphatic carboxylic acids is 1. The number of hydrogen-bond donors (Lipinski definition) is 1. The maximum Gasteiger partial charge on any atom is 0.328 e. The van der Waals surface area contributed by atoms with Gasteiger partial charge in [-0.15, -0.1) is 0 Å². The number of rotatable bonds is 9. The Balaban J connectivity index is 2.22. The third-order valence-electron chi connectivity index (χ3n) is 3.83. The van der Waals surface area contributed by atoms with Crippen molar-refractivity contribution in [3.8, 4) is 5.75 Å². The Bertz CT molecular complexity index is 742. The molecule has 1 aromatic carbocycles. The van der Waals surface area contributed by atoms with Gasteiger partial charge in [-0.25, -0.2) is 9.78 Å². The van der Waals surface area contributed by atoms with E-state index in [4.69, 9.17) is 9.84 Å². The number of nitrogens with zero attached hydrogens (tertiary/aromatic N) is 3. The summed E-state index contributed by atoms with van der Waals surface area (Å²) in [5, 5.41) is 8.80. The Morgan fingerprint density at radius 2 is 1.88 bits per heavy atom. The highest BCUT2D eigenvalue weighted by Gasteiger charge is 2.10. The summed E-state index contributed by atoms with van der Waals surface area (Å²) < 4.78 is 5.21. The maximum absolute atomic E-state index is 10.7. The van der Waals surface area contributed by atoms with E-state index in [1.54, 1.807) is 13.2 Å². The van der Waals surface area contributed by atoms with Gasteiger partial charge in [0.25, 0.3) is 0 Å². The fraction of sp³-hybridized carbons (Fsp3) is 0.300. The number of carboxylic acids is 1. The summed E-state index contributed by atoms with van der Waals surface area (Å²) in [5.74, 6) is 0.655. The molecule has 138 valence electrons. The number of hydrogen-bond acceptors (Lipinski definition) is 5. The summed E-state index contributed by atoms with van der Waals surface area (Å²) in [7, 11) is 5.72. The van der Waals surface area contributed by atoms with E-state index in [1.807, 2.05) is 50.5 Å². The number of likely N-dealkylation sites (N-methyl/N-ethyl adjacent to an activating group) is 1. The van der Waals surface area contributed by atoms with Crippen LogP contribution in [0.3, 0.4) is 0 Å². The zero-order valence-electron chi connectivity index (χ0n) is 15.4. The minimum absolute atomic E-state index is 0.620. The fourth-order valence-electron chi connectivity index (χ4n) is 2.41. The molecule has 1 N–H and O–H groups in total. The molecule has 2 aromatic rings. The number of benzene rings is 1. The van der Waals surface area contributed by atoms with Crippen molar-refractivity contribution in [2.45, 2.75) is 6.54 Å². The zero-order chi connectivity index (χ0) is 18.9. The SMILES string of the molecule is COc1ccc(CN(CCN(C)C)c2cccc(/C=C/C(=O)O)n2)cc1. The Morgan fingerprint density at radius 1 is 1.15 bits per heavy atom. The first-order chi connectivity index (χ1) is 12.5. The van der Waals surface area contributed by atoms with Crippen molar-refractivity contribution in [3.63, 3.8) is 0 Å². The van der Waals surface area contributed by atoms with E-state index in [9.17, 15) is 4.79 Å². The van der Waals surface area contributed by atoms with Crippen LogP contribution in [0.5, 0.6) is 5.75 Å². The normalized spacial score (nSPS) is 11.1. The van der Waals surface area contributed by atoms with Crippen molar-refractivity contribution in [3.05, 3.63) is 59.8 Å². The predicted molar refractivity (Wildman–Crippen MR) is 104 cm³/mol. The van der Waals surface area contributed by atoms with Crippen molar-refractivity contribution in [1.82, 2.24) is 9.88 Å². The van der Waals surface area contributed by atoms with Gasteiger partial charge >= 0.3 is 5.97 Å². The highest BCUT2D eigenvalue weighted by molar-refractivity contribution is 5.84. The molecule has 0 aliphatic carbocycles. The Hall–Kier alpha value is -2.86. The van der Waals surface area contributed by atoms with Gasteiger partial charge in [-0.05, 0) is 50.0 Å². The van der Waals surface area contributed by atoms with Crippen LogP contribution in [-0.4, -0.2) is 55.3 Å². The predicted octanol–water partition coefficient (Wildman–Crippen LogP) is 2.76. The van der Waals surface area contributed by atoms with Crippen LogP contribution in [0.2, 0.25) is 0 Å². The molecule has 0 bridgehead atoms. The molecule has 0 saturated carbocycles. The summed E-state index contributed by atoms with van der Waals surface area (Å²) in [6.45, 7) is 2.39. The molecule has 0 saturated heterocycles. The standard InChI is InChI=1S/C20H25N3O3/c1-22(2)13-14-23(15-16-7-10-18(26-3)11-8-16)19-6-4-5-17(21-19)9-12-20(24)25/h4-12H,13-15H2,1-3H3,(H,24,25)/b12-9+. The van der Waals surface area contributed by atoms with Crippen molar-refractivity contribution in [2.24, 2.45) is 0 Å². The summed E-state index contributed by atoms with van der Waals surface area (Å²) in [4.78, 5) is 19.6. The summed E-state index contributed by atoms with van der Waals surface area (Å²) in [6, 6.07) is 13.6. The van der Waals surface area contributed by atoms with Crippen molar-refractivity contribution < 1.29 is 14.6 Å². The second-order valence-electron chi connectivity index (χ2n) is 6.17. The first kappa shape index (κ1) is 19.5. The van der Waals surface area contributed by atoms with E-state index in [0.29, 0.717) is 12.2 Å². The van der Waals surface area contributed by atoms with Gasteiger partial charge in [0.15, 0.2) is 0 Å². The number of aromatic nitrogens is 1. The topological polar surface area (TPSA) is 65.9 Å². The number of anilines is 1. The zero-order valence-corrected chi connectivity index (χ0v) is 15.4. The van der Waals surface area contributed by atoms with E-state index in [2.05, 4.69) is 14.8 Å². The summed E-state index contributed by atoms with van der Waals surface area (Å²) in [6.07, 6.45) is 2.60. The molecule has 0 amide bonds. The first-order valence-corrected chi connectivity index (χ1v) is 8.38. The highest BCUT2D eigenvalue weighted by atomic mass is 16.5. The van der Waals surface area contributed by atoms with Crippen LogP contribution >= 0.6 is 0 Å². The molecule has 0 unspecified atom stereocenters. The van der Waals surface area contributed by atoms with E-state index in [0.717, 1.165) is 36.3 Å². The Morgan fingerprint density at radius 3 is 2.50 bits per heavy atom. The van der Waals surface area contributed by atoms with Gasteiger partial charge in [0.05, 0.1) is 12.8 Å². The molecule has 1 aromatic heterocycles. The quantitative estimate of drug-likeness (QED) is 0.698. The molecule has 0 aliphatic rings. The number of methoxy groups -OCH3 is 1. The van der Waals surface area contributed by atoms with E-state index >= 15 is 0 Å². The van der Waals surface area contributed by atoms with Gasteiger partial charge in [-0.1, -0.05) is 18.2 Å². The van der Waals surface area contributed by atoms with Crippen molar-refractivity contribution >= 4 is 17.9 Å². The van der Waals surface area contributed by atoms with E-state index in [1.165, 1.54) is 6.08 Å². The maximum atomic E-state index is 10.7. The van der Waals surface area contributed by atoms with Crippen LogP contribution < -0.4 is 9.64 Å². The van der Waals surface area contributed by atoms with Crippen LogP contribution in [-0.2, 0) is 11.3 Å². The largest absolute Gasteiger partial charge is 0.497 e. The number of carbonyl (C=O) groups is 1. The average Bonchev–Trinajstić information content (AvgIpc) is 2.64. The van der Waals surface area contributed by atoms with Gasteiger partial charge < -0.3 is 19.6 Å². The summed E-state index contributed by atoms with van der Waals surface area (Å²) >= 11 is 0. The molecular formula is C20H25N3O3. The first-order valence-electron chi connectivity index (χ1n) is 8.38. The molecule has 0 aliphatic heterocycles. The van der Waals surface area contributed by atoms with Crippen LogP contribution in [0.4, 0.5) is 5.82 Å². The van der Waals surface area contributed by atoms with Gasteiger partial charge in [0.1, 0.15) is 11.6 Å². The minimum Gasteiger partial charge on any atom is -0.497 e. The van der Waals surface area contributed by atoms with Crippen LogP contribution in [0.25, 0.3) is 6.08 Å². The smallest absolute Gasteiger partial charge is 0.328 e. The Kier molecular flexibility index (Phi) is 7.17. The second kappa shape index (κ2) is 9.58. The second-order valence-corrected chi connectivity index (χ2v) is 6.17. The Labute approximate surface area is 154 Å². The highest BCUT2D eigenvalue weighted by Crippen LogP contribution is 2.18. The van der Waals surface area contributed by atoms with E-state index in [-0.39, 0.29) is 0 Å². The molecule has 0 fully saturated rings. The van der Waals surface area contributed by atoms with Gasteiger partial charge in [0.2, 0.25) is 0 Å². The van der Waals surface area contributed by atoms with Gasteiger partial charge in [-0.3, -0.25) is 0 Å². The lowest BCUT2D eigenvalue weighted by molar-refractivity contribution is -0.131. The molecule has 1 heterocycles. The lowest BCUT2D eigenvalue weighted by Crippen LogP contribution is -2.32. The lowest BCUT2D eigenvalue weighted by atomic mass is 10.2. The number of pyridine rings is 1. The molecule has 0 atom stereocenters.